The summed E-state index contributed by atoms with van der Waals surface area (Å²) in [4.78, 5) is 2.92. The van der Waals surface area contributed by atoms with Gasteiger partial charge in [-0.3, -0.25) is 0 Å². The smallest absolute Gasteiger partial charge is 0.0196 e. The van der Waals surface area contributed by atoms with E-state index in [1.807, 2.05) is 11.3 Å². The van der Waals surface area contributed by atoms with Crippen LogP contribution < -0.4 is 0 Å². The van der Waals surface area contributed by atoms with E-state index in [1.165, 1.54) is 32.9 Å². The van der Waals surface area contributed by atoms with Crippen molar-refractivity contribution in [3.8, 4) is 0 Å². The molecule has 0 saturated carbocycles. The van der Waals surface area contributed by atoms with Gasteiger partial charge in [0.25, 0.3) is 0 Å². The Labute approximate surface area is 130 Å². The number of rotatable bonds is 2. The van der Waals surface area contributed by atoms with Gasteiger partial charge >= 0.3 is 0 Å². The topological polar surface area (TPSA) is 0 Å². The molecule has 1 aromatic heterocycles. The number of thiophene rings is 1. The van der Waals surface area contributed by atoms with E-state index < -0.39 is 0 Å². The molecule has 3 aromatic rings. The minimum Gasteiger partial charge on any atom is -0.145 e. The summed E-state index contributed by atoms with van der Waals surface area (Å²) in [5.41, 5.74) is 4.48. The molecule has 0 bridgehead atoms. The fourth-order valence-corrected chi connectivity index (χ4v) is 4.56. The molecule has 0 nitrogen and oxygen atoms in total. The van der Waals surface area contributed by atoms with E-state index in [9.17, 15) is 0 Å². The monoisotopic (exact) mass is 290 g/mol. The summed E-state index contributed by atoms with van der Waals surface area (Å²) in [7, 11) is 0. The second-order valence-corrected chi connectivity index (χ2v) is 7.15. The molecule has 104 valence electrons. The Morgan fingerprint density at radius 3 is 2.10 bits per heavy atom. The third-order valence-corrected chi connectivity index (χ3v) is 5.64. The first-order valence-electron chi connectivity index (χ1n) is 7.53. The first-order valence-corrected chi connectivity index (χ1v) is 8.34. The van der Waals surface area contributed by atoms with E-state index >= 15 is 0 Å². The van der Waals surface area contributed by atoms with Crippen LogP contribution in [0.25, 0.3) is 0 Å². The van der Waals surface area contributed by atoms with Gasteiger partial charge < -0.3 is 0 Å². The highest BCUT2D eigenvalue weighted by Crippen LogP contribution is 2.49. The molecule has 0 unspecified atom stereocenters. The summed E-state index contributed by atoms with van der Waals surface area (Å²) < 4.78 is 0. The van der Waals surface area contributed by atoms with E-state index in [0.717, 1.165) is 0 Å². The van der Waals surface area contributed by atoms with Gasteiger partial charge in [-0.2, -0.15) is 0 Å². The van der Waals surface area contributed by atoms with Crippen LogP contribution in [0.3, 0.4) is 0 Å². The van der Waals surface area contributed by atoms with Crippen LogP contribution in [0.5, 0.6) is 0 Å². The molecule has 2 atom stereocenters. The Hall–Kier alpha value is -1.86. The Morgan fingerprint density at radius 1 is 0.762 bits per heavy atom. The standard InChI is InChI=1S/C20H18S/c1-14-11-12-20(21-14)19-13-18(15-7-3-2-4-8-15)16-9-5-6-10-17(16)19/h2-12,18-19H,13H2,1H3/t18-,19+/m1/s1. The van der Waals surface area contributed by atoms with Gasteiger partial charge in [0.05, 0.1) is 0 Å². The number of hydrogen-bond donors (Lipinski definition) is 0. The van der Waals surface area contributed by atoms with Crippen molar-refractivity contribution >= 4 is 11.3 Å². The highest BCUT2D eigenvalue weighted by atomic mass is 32.1. The van der Waals surface area contributed by atoms with Crippen LogP contribution in [-0.2, 0) is 0 Å². The van der Waals surface area contributed by atoms with E-state index in [2.05, 4.69) is 73.7 Å². The van der Waals surface area contributed by atoms with Crippen molar-refractivity contribution in [3.05, 3.63) is 93.2 Å². The molecule has 4 rings (SSSR count). The zero-order valence-electron chi connectivity index (χ0n) is 12.1. The molecule has 0 amide bonds. The SMILES string of the molecule is Cc1ccc([C@H]2C[C@H](c3ccccc3)c3ccccc32)s1. The first-order chi connectivity index (χ1) is 10.3. The van der Waals surface area contributed by atoms with Crippen molar-refractivity contribution in [3.63, 3.8) is 0 Å². The van der Waals surface area contributed by atoms with Crippen LogP contribution in [0, 0.1) is 6.92 Å². The number of fused-ring (bicyclic) bond motifs is 1. The highest BCUT2D eigenvalue weighted by Gasteiger charge is 2.32. The van der Waals surface area contributed by atoms with Crippen LogP contribution in [-0.4, -0.2) is 0 Å². The lowest BCUT2D eigenvalue weighted by Gasteiger charge is -2.12. The molecular weight excluding hydrogens is 272 g/mol. The normalized spacial score (nSPS) is 20.4. The molecule has 1 heterocycles. The van der Waals surface area contributed by atoms with Crippen LogP contribution in [0.1, 0.15) is 44.7 Å². The third kappa shape index (κ3) is 2.22. The van der Waals surface area contributed by atoms with Crippen LogP contribution in [0.2, 0.25) is 0 Å². The molecule has 2 aromatic carbocycles. The van der Waals surface area contributed by atoms with Crippen molar-refractivity contribution < 1.29 is 0 Å². The van der Waals surface area contributed by atoms with E-state index in [-0.39, 0.29) is 0 Å². The lowest BCUT2D eigenvalue weighted by molar-refractivity contribution is 0.724. The van der Waals surface area contributed by atoms with E-state index in [1.54, 1.807) is 0 Å². The Morgan fingerprint density at radius 2 is 1.43 bits per heavy atom. The number of aryl methyl sites for hydroxylation is 1. The molecule has 0 N–H and O–H groups in total. The number of hydrogen-bond acceptors (Lipinski definition) is 1. The van der Waals surface area contributed by atoms with Crippen LogP contribution in [0.15, 0.2) is 66.7 Å². The van der Waals surface area contributed by atoms with Gasteiger partial charge in [-0.1, -0.05) is 54.6 Å². The largest absolute Gasteiger partial charge is 0.145 e. The molecule has 1 aliphatic carbocycles. The summed E-state index contributed by atoms with van der Waals surface area (Å²) in [6, 6.07) is 24.5. The zero-order chi connectivity index (χ0) is 14.2. The van der Waals surface area contributed by atoms with Crippen molar-refractivity contribution in [2.75, 3.05) is 0 Å². The minimum absolute atomic E-state index is 0.537. The van der Waals surface area contributed by atoms with Gasteiger partial charge in [-0.15, -0.1) is 11.3 Å². The molecule has 0 radical (unpaired) electrons. The average Bonchev–Trinajstić information content (AvgIpc) is 3.12. The molecular formula is C20H18S. The van der Waals surface area contributed by atoms with Gasteiger partial charge in [0.15, 0.2) is 0 Å². The summed E-state index contributed by atoms with van der Waals surface area (Å²) in [6.07, 6.45) is 1.20. The maximum absolute atomic E-state index is 2.32. The molecule has 0 fully saturated rings. The van der Waals surface area contributed by atoms with E-state index in [0.29, 0.717) is 11.8 Å². The summed E-state index contributed by atoms with van der Waals surface area (Å²) >= 11 is 1.95. The Kier molecular flexibility index (Phi) is 3.16. The highest BCUT2D eigenvalue weighted by molar-refractivity contribution is 7.12. The second-order valence-electron chi connectivity index (χ2n) is 5.83. The van der Waals surface area contributed by atoms with Gasteiger partial charge in [0.1, 0.15) is 0 Å². The number of benzene rings is 2. The first kappa shape index (κ1) is 12.8. The predicted octanol–water partition coefficient (Wildman–Crippen LogP) is 5.72. The Balaban J connectivity index is 1.80. The maximum atomic E-state index is 2.32. The minimum atomic E-state index is 0.537. The van der Waals surface area contributed by atoms with Gasteiger partial charge in [0.2, 0.25) is 0 Å². The Bertz CT molecular complexity index is 754. The lowest BCUT2D eigenvalue weighted by atomic mass is 9.92. The molecule has 21 heavy (non-hydrogen) atoms. The van der Waals surface area contributed by atoms with Crippen molar-refractivity contribution in [1.82, 2.24) is 0 Å². The van der Waals surface area contributed by atoms with E-state index in [4.69, 9.17) is 0 Å². The summed E-state index contributed by atoms with van der Waals surface area (Å²) in [5, 5.41) is 0. The van der Waals surface area contributed by atoms with Crippen molar-refractivity contribution in [2.45, 2.75) is 25.2 Å². The van der Waals surface area contributed by atoms with Crippen LogP contribution >= 0.6 is 11.3 Å². The summed E-state index contributed by atoms with van der Waals surface area (Å²) in [5.74, 6) is 1.10. The van der Waals surface area contributed by atoms with Gasteiger partial charge in [0, 0.05) is 21.6 Å². The summed E-state index contributed by atoms with van der Waals surface area (Å²) in [6.45, 7) is 2.20. The quantitative estimate of drug-likeness (QED) is 0.566. The van der Waals surface area contributed by atoms with Crippen molar-refractivity contribution in [2.24, 2.45) is 0 Å². The maximum Gasteiger partial charge on any atom is 0.0196 e. The van der Waals surface area contributed by atoms with Crippen molar-refractivity contribution in [1.29, 1.82) is 0 Å². The van der Waals surface area contributed by atoms with Gasteiger partial charge in [-0.05, 0) is 42.2 Å². The van der Waals surface area contributed by atoms with Crippen LogP contribution in [0.4, 0.5) is 0 Å². The third-order valence-electron chi connectivity index (χ3n) is 4.52. The lowest BCUT2D eigenvalue weighted by Crippen LogP contribution is -1.96. The molecule has 0 saturated heterocycles. The predicted molar refractivity (Wildman–Crippen MR) is 90.2 cm³/mol. The second kappa shape index (κ2) is 5.16. The zero-order valence-corrected chi connectivity index (χ0v) is 12.9. The molecule has 1 heteroatoms. The van der Waals surface area contributed by atoms with Gasteiger partial charge in [-0.25, -0.2) is 0 Å². The average molecular weight is 290 g/mol. The molecule has 0 aliphatic heterocycles. The molecule has 1 aliphatic rings. The fraction of sp³-hybridized carbons (Fsp3) is 0.200. The fourth-order valence-electron chi connectivity index (χ4n) is 3.55. The molecule has 0 spiro atoms.